The molecule has 0 aromatic carbocycles. The van der Waals surface area contributed by atoms with Crippen LogP contribution in [0.2, 0.25) is 0 Å². The number of hydrogen-bond donors (Lipinski definition) is 2. The summed E-state index contributed by atoms with van der Waals surface area (Å²) in [4.78, 5) is 11.4. The maximum Gasteiger partial charge on any atom is 0.194 e. The van der Waals surface area contributed by atoms with Crippen molar-refractivity contribution >= 4 is 17.3 Å². The standard InChI is InChI=1S/C16H28N4O2S/c1-4-17-15(20(3)9-14-10-23-13(2)19-14)18-11-16(12-21)5-7-22-8-6-16/h10,21H,4-9,11-12H2,1-3H3,(H,17,18). The van der Waals surface area contributed by atoms with Crippen LogP contribution in [0.25, 0.3) is 0 Å². The second-order valence-electron chi connectivity index (χ2n) is 6.15. The number of aliphatic hydroxyl groups is 1. The number of nitrogens with zero attached hydrogens (tertiary/aromatic N) is 3. The van der Waals surface area contributed by atoms with Crippen molar-refractivity contribution in [3.63, 3.8) is 0 Å². The summed E-state index contributed by atoms with van der Waals surface area (Å²) in [5.41, 5.74) is 0.917. The number of ether oxygens (including phenoxy) is 1. The average Bonchev–Trinajstić information content (AvgIpc) is 2.97. The molecule has 1 fully saturated rings. The first-order chi connectivity index (χ1) is 11.1. The van der Waals surface area contributed by atoms with Crippen LogP contribution in [-0.2, 0) is 11.3 Å². The highest BCUT2D eigenvalue weighted by Crippen LogP contribution is 2.30. The molecule has 130 valence electrons. The fourth-order valence-electron chi connectivity index (χ4n) is 2.68. The van der Waals surface area contributed by atoms with Gasteiger partial charge >= 0.3 is 0 Å². The summed E-state index contributed by atoms with van der Waals surface area (Å²) in [7, 11) is 2.02. The number of guanidine groups is 1. The van der Waals surface area contributed by atoms with Crippen molar-refractivity contribution in [2.45, 2.75) is 33.2 Å². The fourth-order valence-corrected chi connectivity index (χ4v) is 3.29. The summed E-state index contributed by atoms with van der Waals surface area (Å²) >= 11 is 1.67. The van der Waals surface area contributed by atoms with Gasteiger partial charge in [-0.15, -0.1) is 11.3 Å². The molecule has 1 aromatic rings. The van der Waals surface area contributed by atoms with Crippen molar-refractivity contribution < 1.29 is 9.84 Å². The summed E-state index contributed by atoms with van der Waals surface area (Å²) in [5, 5.41) is 16.3. The zero-order valence-electron chi connectivity index (χ0n) is 14.3. The SMILES string of the molecule is CCNC(=NCC1(CO)CCOCC1)N(C)Cc1csc(C)n1. The molecule has 0 unspecified atom stereocenters. The van der Waals surface area contributed by atoms with Crippen molar-refractivity contribution in [3.8, 4) is 0 Å². The van der Waals surface area contributed by atoms with E-state index in [1.54, 1.807) is 11.3 Å². The normalized spacial score (nSPS) is 18.0. The first kappa shape index (κ1) is 18.2. The van der Waals surface area contributed by atoms with Crippen LogP contribution in [0.1, 0.15) is 30.5 Å². The second-order valence-corrected chi connectivity index (χ2v) is 7.22. The van der Waals surface area contributed by atoms with Gasteiger partial charge in [-0.2, -0.15) is 0 Å². The van der Waals surface area contributed by atoms with Crippen LogP contribution in [0.3, 0.4) is 0 Å². The first-order valence-corrected chi connectivity index (χ1v) is 9.05. The zero-order valence-corrected chi connectivity index (χ0v) is 15.2. The molecule has 2 N–H and O–H groups in total. The quantitative estimate of drug-likeness (QED) is 0.608. The van der Waals surface area contributed by atoms with Crippen molar-refractivity contribution in [3.05, 3.63) is 16.1 Å². The molecular formula is C16H28N4O2S. The van der Waals surface area contributed by atoms with E-state index < -0.39 is 0 Å². The van der Waals surface area contributed by atoms with Crippen LogP contribution in [0.4, 0.5) is 0 Å². The lowest BCUT2D eigenvalue weighted by atomic mass is 9.81. The minimum absolute atomic E-state index is 0.142. The van der Waals surface area contributed by atoms with E-state index in [4.69, 9.17) is 9.73 Å². The van der Waals surface area contributed by atoms with Gasteiger partial charge in [-0.25, -0.2) is 4.98 Å². The Morgan fingerprint density at radius 2 is 2.26 bits per heavy atom. The van der Waals surface area contributed by atoms with E-state index in [1.807, 2.05) is 14.0 Å². The van der Waals surface area contributed by atoms with Gasteiger partial charge in [0.2, 0.25) is 0 Å². The topological polar surface area (TPSA) is 70.0 Å². The largest absolute Gasteiger partial charge is 0.396 e. The van der Waals surface area contributed by atoms with Gasteiger partial charge in [0.15, 0.2) is 5.96 Å². The lowest BCUT2D eigenvalue weighted by molar-refractivity contribution is -0.0107. The molecule has 1 aliphatic rings. The highest BCUT2D eigenvalue weighted by Gasteiger charge is 2.32. The van der Waals surface area contributed by atoms with Gasteiger partial charge in [-0.1, -0.05) is 0 Å². The van der Waals surface area contributed by atoms with E-state index in [0.717, 1.165) is 42.6 Å². The Balaban J connectivity index is 2.03. The molecule has 0 radical (unpaired) electrons. The van der Waals surface area contributed by atoms with Crippen LogP contribution >= 0.6 is 11.3 Å². The third kappa shape index (κ3) is 5.16. The van der Waals surface area contributed by atoms with Crippen LogP contribution in [-0.4, -0.2) is 60.9 Å². The molecular weight excluding hydrogens is 312 g/mol. The summed E-state index contributed by atoms with van der Waals surface area (Å²) < 4.78 is 5.42. The number of thiazole rings is 1. The number of aliphatic imine (C=N–C) groups is 1. The van der Waals surface area contributed by atoms with Gasteiger partial charge in [0.25, 0.3) is 0 Å². The molecule has 0 amide bonds. The molecule has 1 aliphatic heterocycles. The highest BCUT2D eigenvalue weighted by atomic mass is 32.1. The molecule has 0 atom stereocenters. The molecule has 0 bridgehead atoms. The van der Waals surface area contributed by atoms with Gasteiger partial charge in [-0.3, -0.25) is 4.99 Å². The molecule has 6 nitrogen and oxygen atoms in total. The maximum absolute atomic E-state index is 9.79. The second kappa shape index (κ2) is 8.61. The fraction of sp³-hybridized carbons (Fsp3) is 0.750. The monoisotopic (exact) mass is 340 g/mol. The zero-order chi connectivity index (χ0) is 16.7. The third-order valence-electron chi connectivity index (χ3n) is 4.22. The Bertz CT molecular complexity index is 512. The third-order valence-corrected chi connectivity index (χ3v) is 5.04. The van der Waals surface area contributed by atoms with E-state index in [1.165, 1.54) is 0 Å². The number of rotatable bonds is 6. The smallest absolute Gasteiger partial charge is 0.194 e. The van der Waals surface area contributed by atoms with Crippen LogP contribution in [0, 0.1) is 12.3 Å². The molecule has 2 rings (SSSR count). The molecule has 7 heteroatoms. The van der Waals surface area contributed by atoms with Crippen LogP contribution in [0.15, 0.2) is 10.4 Å². The van der Waals surface area contributed by atoms with E-state index in [2.05, 4.69) is 27.5 Å². The number of nitrogens with one attached hydrogen (secondary N) is 1. The minimum atomic E-state index is -0.142. The lowest BCUT2D eigenvalue weighted by Gasteiger charge is -2.34. The predicted molar refractivity (Wildman–Crippen MR) is 93.9 cm³/mol. The Morgan fingerprint density at radius 1 is 1.52 bits per heavy atom. The van der Waals surface area contributed by atoms with Gasteiger partial charge in [0, 0.05) is 37.6 Å². The molecule has 2 heterocycles. The minimum Gasteiger partial charge on any atom is -0.396 e. The van der Waals surface area contributed by atoms with E-state index in [9.17, 15) is 5.11 Å². The molecule has 0 spiro atoms. The number of aryl methyl sites for hydroxylation is 1. The van der Waals surface area contributed by atoms with E-state index >= 15 is 0 Å². The number of aromatic nitrogens is 1. The van der Waals surface area contributed by atoms with E-state index in [-0.39, 0.29) is 12.0 Å². The number of hydrogen-bond acceptors (Lipinski definition) is 5. The summed E-state index contributed by atoms with van der Waals surface area (Å²) in [6, 6.07) is 0. The molecule has 1 saturated heterocycles. The Hall–Kier alpha value is -1.18. The summed E-state index contributed by atoms with van der Waals surface area (Å²) in [6.45, 7) is 7.82. The lowest BCUT2D eigenvalue weighted by Crippen LogP contribution is -2.41. The van der Waals surface area contributed by atoms with Gasteiger partial charge in [0.1, 0.15) is 0 Å². The van der Waals surface area contributed by atoms with Crippen LogP contribution < -0.4 is 5.32 Å². The first-order valence-electron chi connectivity index (χ1n) is 8.17. The predicted octanol–water partition coefficient (Wildman–Crippen LogP) is 1.64. The van der Waals surface area contributed by atoms with E-state index in [0.29, 0.717) is 19.8 Å². The Morgan fingerprint density at radius 3 is 2.83 bits per heavy atom. The van der Waals surface area contributed by atoms with Crippen molar-refractivity contribution in [2.24, 2.45) is 10.4 Å². The summed E-state index contributed by atoms with van der Waals surface area (Å²) in [6.07, 6.45) is 1.73. The average molecular weight is 340 g/mol. The van der Waals surface area contributed by atoms with Gasteiger partial charge in [-0.05, 0) is 26.7 Å². The van der Waals surface area contributed by atoms with Gasteiger partial charge in [0.05, 0.1) is 30.4 Å². The molecule has 0 aliphatic carbocycles. The molecule has 1 aromatic heterocycles. The van der Waals surface area contributed by atoms with Crippen molar-refractivity contribution in [1.29, 1.82) is 0 Å². The van der Waals surface area contributed by atoms with Gasteiger partial charge < -0.3 is 20.1 Å². The Kier molecular flexibility index (Phi) is 6.80. The maximum atomic E-state index is 9.79. The molecule has 23 heavy (non-hydrogen) atoms. The van der Waals surface area contributed by atoms with Crippen LogP contribution in [0.5, 0.6) is 0 Å². The highest BCUT2D eigenvalue weighted by molar-refractivity contribution is 7.09. The summed E-state index contributed by atoms with van der Waals surface area (Å²) in [5.74, 6) is 0.859. The Labute approximate surface area is 142 Å². The number of aliphatic hydroxyl groups excluding tert-OH is 1. The van der Waals surface area contributed by atoms with Crippen molar-refractivity contribution in [2.75, 3.05) is 40.0 Å². The van der Waals surface area contributed by atoms with Crippen molar-refractivity contribution in [1.82, 2.24) is 15.2 Å². The molecule has 0 saturated carbocycles.